The fraction of sp³-hybridized carbons (Fsp3) is 0.455. The molecular formula is C22H31NO. The average Bonchev–Trinajstić information content (AvgIpc) is 2.61. The second-order valence-electron chi connectivity index (χ2n) is 6.66. The van der Waals surface area contributed by atoms with Gasteiger partial charge in [0.2, 0.25) is 0 Å². The molecule has 0 fully saturated rings. The summed E-state index contributed by atoms with van der Waals surface area (Å²) in [5.41, 5.74) is 2.71. The van der Waals surface area contributed by atoms with Gasteiger partial charge in [0, 0.05) is 26.2 Å². The Bertz CT molecular complexity index is 499. The van der Waals surface area contributed by atoms with E-state index in [1.54, 1.807) is 0 Å². The molecule has 2 aromatic rings. The number of unbranched alkanes of at least 4 members (excludes halogenated alkanes) is 1. The van der Waals surface area contributed by atoms with Gasteiger partial charge >= 0.3 is 0 Å². The Morgan fingerprint density at radius 3 is 1.83 bits per heavy atom. The van der Waals surface area contributed by atoms with Crippen molar-refractivity contribution in [2.75, 3.05) is 13.2 Å². The lowest BCUT2D eigenvalue weighted by atomic mass is 9.97. The van der Waals surface area contributed by atoms with E-state index < -0.39 is 0 Å². The van der Waals surface area contributed by atoms with Gasteiger partial charge in [-0.15, -0.1) is 0 Å². The zero-order valence-electron chi connectivity index (χ0n) is 14.9. The Hall–Kier alpha value is -1.64. The van der Waals surface area contributed by atoms with Gasteiger partial charge in [-0.25, -0.2) is 0 Å². The fourth-order valence-corrected chi connectivity index (χ4v) is 3.24. The zero-order valence-corrected chi connectivity index (χ0v) is 14.9. The number of nitrogens with zero attached hydrogens (tertiary/aromatic N) is 1. The third kappa shape index (κ3) is 6.86. The molecule has 2 aromatic carbocycles. The quantitative estimate of drug-likeness (QED) is 0.636. The van der Waals surface area contributed by atoms with Gasteiger partial charge in [0.15, 0.2) is 0 Å². The summed E-state index contributed by atoms with van der Waals surface area (Å²) in [5.74, 6) is 0.572. The van der Waals surface area contributed by atoms with Crippen molar-refractivity contribution in [1.29, 1.82) is 0 Å². The lowest BCUT2D eigenvalue weighted by Crippen LogP contribution is -2.29. The van der Waals surface area contributed by atoms with Crippen molar-refractivity contribution in [3.8, 4) is 0 Å². The van der Waals surface area contributed by atoms with Gasteiger partial charge < -0.3 is 5.11 Å². The van der Waals surface area contributed by atoms with E-state index in [2.05, 4.69) is 72.5 Å². The lowest BCUT2D eigenvalue weighted by molar-refractivity contribution is 0.175. The van der Waals surface area contributed by atoms with Crippen LogP contribution in [0.4, 0.5) is 0 Å². The molecule has 1 N–H and O–H groups in total. The van der Waals surface area contributed by atoms with Crippen LogP contribution in [0.25, 0.3) is 0 Å². The minimum atomic E-state index is 0.291. The first-order chi connectivity index (χ1) is 11.8. The van der Waals surface area contributed by atoms with Crippen molar-refractivity contribution in [2.45, 2.75) is 45.7 Å². The molecular weight excluding hydrogens is 294 g/mol. The maximum absolute atomic E-state index is 9.41. The molecule has 0 aliphatic carbocycles. The van der Waals surface area contributed by atoms with Crippen molar-refractivity contribution in [3.63, 3.8) is 0 Å². The minimum Gasteiger partial charge on any atom is -0.396 e. The van der Waals surface area contributed by atoms with Gasteiger partial charge in [0.25, 0.3) is 0 Å². The van der Waals surface area contributed by atoms with Gasteiger partial charge in [-0.05, 0) is 29.9 Å². The van der Waals surface area contributed by atoms with Crippen LogP contribution in [0.15, 0.2) is 60.7 Å². The first kappa shape index (κ1) is 18.7. The van der Waals surface area contributed by atoms with Crippen molar-refractivity contribution < 1.29 is 5.11 Å². The number of hydrogen-bond acceptors (Lipinski definition) is 2. The molecule has 2 heteroatoms. The van der Waals surface area contributed by atoms with Crippen LogP contribution in [-0.2, 0) is 13.1 Å². The van der Waals surface area contributed by atoms with Crippen LogP contribution in [0, 0.1) is 5.92 Å². The number of benzene rings is 2. The molecule has 0 heterocycles. The molecule has 0 unspecified atom stereocenters. The number of aliphatic hydroxyl groups is 1. The van der Waals surface area contributed by atoms with Crippen LogP contribution in [0.1, 0.15) is 43.7 Å². The molecule has 1 atom stereocenters. The lowest BCUT2D eigenvalue weighted by Gasteiger charge is -2.27. The van der Waals surface area contributed by atoms with Crippen molar-refractivity contribution in [1.82, 2.24) is 4.90 Å². The molecule has 2 nitrogen and oxygen atoms in total. The van der Waals surface area contributed by atoms with Gasteiger partial charge in [-0.2, -0.15) is 0 Å². The van der Waals surface area contributed by atoms with Crippen LogP contribution in [0.2, 0.25) is 0 Å². The monoisotopic (exact) mass is 325 g/mol. The van der Waals surface area contributed by atoms with Gasteiger partial charge in [-0.1, -0.05) is 80.4 Å². The van der Waals surface area contributed by atoms with E-state index in [9.17, 15) is 5.11 Å². The maximum Gasteiger partial charge on any atom is 0.0434 e. The van der Waals surface area contributed by atoms with Crippen LogP contribution < -0.4 is 0 Å². The second kappa shape index (κ2) is 11.0. The summed E-state index contributed by atoms with van der Waals surface area (Å²) in [6.45, 7) is 5.50. The highest BCUT2D eigenvalue weighted by atomic mass is 16.3. The predicted molar refractivity (Wildman–Crippen MR) is 102 cm³/mol. The molecule has 0 aliphatic rings. The van der Waals surface area contributed by atoms with Crippen molar-refractivity contribution >= 4 is 0 Å². The summed E-state index contributed by atoms with van der Waals surface area (Å²) in [7, 11) is 0. The van der Waals surface area contributed by atoms with Crippen molar-refractivity contribution in [3.05, 3.63) is 71.8 Å². The Morgan fingerprint density at radius 1 is 0.833 bits per heavy atom. The highest BCUT2D eigenvalue weighted by molar-refractivity contribution is 5.17. The van der Waals surface area contributed by atoms with Crippen LogP contribution >= 0.6 is 0 Å². The smallest absolute Gasteiger partial charge is 0.0434 e. The number of rotatable bonds is 11. The number of hydrogen-bond donors (Lipinski definition) is 1. The van der Waals surface area contributed by atoms with Crippen LogP contribution in [0.3, 0.4) is 0 Å². The molecule has 130 valence electrons. The average molecular weight is 325 g/mol. The van der Waals surface area contributed by atoms with E-state index >= 15 is 0 Å². The molecule has 0 aromatic heterocycles. The summed E-state index contributed by atoms with van der Waals surface area (Å²) in [4.78, 5) is 2.53. The van der Waals surface area contributed by atoms with Gasteiger partial charge in [-0.3, -0.25) is 4.90 Å². The second-order valence-corrected chi connectivity index (χ2v) is 6.66. The Kier molecular flexibility index (Phi) is 8.58. The molecule has 0 amide bonds. The molecule has 0 radical (unpaired) electrons. The summed E-state index contributed by atoms with van der Waals surface area (Å²) in [6, 6.07) is 21.4. The first-order valence-corrected chi connectivity index (χ1v) is 9.23. The molecule has 0 saturated carbocycles. The van der Waals surface area contributed by atoms with Gasteiger partial charge in [0.1, 0.15) is 0 Å². The summed E-state index contributed by atoms with van der Waals surface area (Å²) in [6.07, 6.45) is 4.58. The maximum atomic E-state index is 9.41. The zero-order chi connectivity index (χ0) is 17.0. The third-order valence-electron chi connectivity index (χ3n) is 4.52. The van der Waals surface area contributed by atoms with Crippen LogP contribution in [-0.4, -0.2) is 23.2 Å². The van der Waals surface area contributed by atoms with E-state index in [0.29, 0.717) is 12.5 Å². The molecule has 0 aliphatic heterocycles. The van der Waals surface area contributed by atoms with Gasteiger partial charge in [0.05, 0.1) is 0 Å². The fourth-order valence-electron chi connectivity index (χ4n) is 3.24. The van der Waals surface area contributed by atoms with Crippen molar-refractivity contribution in [2.24, 2.45) is 5.92 Å². The summed E-state index contributed by atoms with van der Waals surface area (Å²) in [5, 5.41) is 9.41. The number of aliphatic hydroxyl groups excluding tert-OH is 1. The third-order valence-corrected chi connectivity index (χ3v) is 4.52. The Labute approximate surface area is 147 Å². The molecule has 0 spiro atoms. The standard InChI is InChI=1S/C22H31NO/c1-2-3-10-22(15-16-24)19-23(17-20-11-6-4-7-12-20)18-21-13-8-5-9-14-21/h4-9,11-14,22,24H,2-3,10,15-19H2,1H3/t22-/m1/s1. The van der Waals surface area contributed by atoms with E-state index in [0.717, 1.165) is 26.1 Å². The highest BCUT2D eigenvalue weighted by Crippen LogP contribution is 2.18. The first-order valence-electron chi connectivity index (χ1n) is 9.23. The normalized spacial score (nSPS) is 12.5. The molecule has 0 bridgehead atoms. The molecule has 24 heavy (non-hydrogen) atoms. The molecule has 0 saturated heterocycles. The summed E-state index contributed by atoms with van der Waals surface area (Å²) >= 11 is 0. The highest BCUT2D eigenvalue weighted by Gasteiger charge is 2.15. The Balaban J connectivity index is 2.05. The summed E-state index contributed by atoms with van der Waals surface area (Å²) < 4.78 is 0. The van der Waals surface area contributed by atoms with E-state index in [1.165, 1.54) is 30.4 Å². The molecule has 2 rings (SSSR count). The van der Waals surface area contributed by atoms with E-state index in [1.807, 2.05) is 0 Å². The minimum absolute atomic E-state index is 0.291. The SMILES string of the molecule is CCCC[C@H](CCO)CN(Cc1ccccc1)Cc1ccccc1. The van der Waals surface area contributed by atoms with E-state index in [-0.39, 0.29) is 0 Å². The topological polar surface area (TPSA) is 23.5 Å². The largest absolute Gasteiger partial charge is 0.396 e. The van der Waals surface area contributed by atoms with E-state index in [4.69, 9.17) is 0 Å². The van der Waals surface area contributed by atoms with Crippen LogP contribution in [0.5, 0.6) is 0 Å². The Morgan fingerprint density at radius 2 is 1.38 bits per heavy atom. The predicted octanol–water partition coefficient (Wildman–Crippen LogP) is 4.88.